The number of nitrogens with zero attached hydrogens (tertiary/aromatic N) is 6. The highest BCUT2D eigenvalue weighted by Gasteiger charge is 2.12. The second-order valence-electron chi connectivity index (χ2n) is 6.29. The van der Waals surface area contributed by atoms with E-state index in [-0.39, 0.29) is 0 Å². The molecule has 0 aliphatic rings. The maximum Gasteiger partial charge on any atom is 0.180 e. The number of nitrogens with two attached hydrogens (primary N) is 1. The second-order valence-corrected chi connectivity index (χ2v) is 7.18. The summed E-state index contributed by atoms with van der Waals surface area (Å²) in [5, 5.41) is 10.1. The van der Waals surface area contributed by atoms with Gasteiger partial charge in [0.05, 0.1) is 23.8 Å². The summed E-state index contributed by atoms with van der Waals surface area (Å²) in [5.74, 6) is 0.674. The van der Waals surface area contributed by atoms with Gasteiger partial charge >= 0.3 is 0 Å². The maximum atomic E-state index is 5.76. The third kappa shape index (κ3) is 2.87. The van der Waals surface area contributed by atoms with Gasteiger partial charge in [-0.3, -0.25) is 9.08 Å². The van der Waals surface area contributed by atoms with Gasteiger partial charge < -0.3 is 11.1 Å². The number of thiazole rings is 1. The Balaban J connectivity index is 1.51. The minimum absolute atomic E-state index is 0.556. The summed E-state index contributed by atoms with van der Waals surface area (Å²) in [5.41, 5.74) is 11.2. The zero-order valence-electron chi connectivity index (χ0n) is 14.9. The Morgan fingerprint density at radius 2 is 2.07 bits per heavy atom. The fourth-order valence-corrected chi connectivity index (χ4v) is 3.66. The number of aryl methyl sites for hydroxylation is 1. The van der Waals surface area contributed by atoms with Gasteiger partial charge in [0, 0.05) is 47.8 Å². The molecule has 0 aliphatic carbocycles. The molecule has 28 heavy (non-hydrogen) atoms. The molecule has 4 aromatic heterocycles. The molecule has 0 radical (unpaired) electrons. The van der Waals surface area contributed by atoms with Crippen LogP contribution in [0.1, 0.15) is 0 Å². The highest BCUT2D eigenvalue weighted by molar-refractivity contribution is 7.13. The number of fused-ring (bicyclic) bond motifs is 1. The van der Waals surface area contributed by atoms with Crippen molar-refractivity contribution in [3.63, 3.8) is 0 Å². The molecule has 0 bridgehead atoms. The summed E-state index contributed by atoms with van der Waals surface area (Å²) in [6.45, 7) is 0. The van der Waals surface area contributed by atoms with Gasteiger partial charge in [-0.25, -0.2) is 15.0 Å². The third-order valence-corrected chi connectivity index (χ3v) is 5.05. The molecule has 4 heterocycles. The SMILES string of the molecule is Cn1cc(-c2cnc3c(Nc4cccc(-c5csc(N)n5)c4)nccn23)cn1. The lowest BCUT2D eigenvalue weighted by molar-refractivity contribution is 0.768. The van der Waals surface area contributed by atoms with E-state index in [9.17, 15) is 0 Å². The van der Waals surface area contributed by atoms with Gasteiger partial charge in [0.15, 0.2) is 16.6 Å². The predicted molar refractivity (Wildman–Crippen MR) is 110 cm³/mol. The Bertz CT molecular complexity index is 1280. The Morgan fingerprint density at radius 1 is 1.14 bits per heavy atom. The number of rotatable bonds is 4. The number of nitrogens with one attached hydrogen (secondary N) is 1. The fourth-order valence-electron chi connectivity index (χ4n) is 3.09. The molecule has 0 unspecified atom stereocenters. The van der Waals surface area contributed by atoms with Crippen LogP contribution >= 0.6 is 11.3 Å². The summed E-state index contributed by atoms with van der Waals surface area (Å²) >= 11 is 1.43. The third-order valence-electron chi connectivity index (χ3n) is 4.37. The first-order valence-corrected chi connectivity index (χ1v) is 9.45. The molecule has 8 nitrogen and oxygen atoms in total. The van der Waals surface area contributed by atoms with E-state index in [1.54, 1.807) is 10.9 Å². The quantitative estimate of drug-likeness (QED) is 0.488. The van der Waals surface area contributed by atoms with Crippen molar-refractivity contribution in [2.75, 3.05) is 11.1 Å². The fraction of sp³-hybridized carbons (Fsp3) is 0.0526. The van der Waals surface area contributed by atoms with Crippen LogP contribution in [-0.4, -0.2) is 29.1 Å². The van der Waals surface area contributed by atoms with Crippen molar-refractivity contribution in [2.45, 2.75) is 0 Å². The molecule has 1 aromatic carbocycles. The van der Waals surface area contributed by atoms with Gasteiger partial charge in [-0.05, 0) is 12.1 Å². The molecule has 5 rings (SSSR count). The van der Waals surface area contributed by atoms with Crippen molar-refractivity contribution >= 4 is 33.6 Å². The van der Waals surface area contributed by atoms with Gasteiger partial charge in [0.25, 0.3) is 0 Å². The van der Waals surface area contributed by atoms with Crippen LogP contribution in [-0.2, 0) is 7.05 Å². The Labute approximate surface area is 164 Å². The lowest BCUT2D eigenvalue weighted by Gasteiger charge is -2.08. The average molecular weight is 388 g/mol. The molecule has 0 saturated carbocycles. The second kappa shape index (κ2) is 6.46. The van der Waals surface area contributed by atoms with Crippen LogP contribution in [0.15, 0.2) is 60.6 Å². The minimum atomic E-state index is 0.556. The van der Waals surface area contributed by atoms with E-state index in [4.69, 9.17) is 5.73 Å². The van der Waals surface area contributed by atoms with Gasteiger partial charge in [-0.2, -0.15) is 5.10 Å². The van der Waals surface area contributed by atoms with E-state index >= 15 is 0 Å². The number of aromatic nitrogens is 6. The summed E-state index contributed by atoms with van der Waals surface area (Å²) in [6.07, 6.45) is 9.25. The summed E-state index contributed by atoms with van der Waals surface area (Å²) in [4.78, 5) is 13.4. The van der Waals surface area contributed by atoms with E-state index in [0.717, 1.165) is 33.8 Å². The van der Waals surface area contributed by atoms with E-state index in [0.29, 0.717) is 10.9 Å². The molecular formula is C19H16N8S. The zero-order valence-corrected chi connectivity index (χ0v) is 15.8. The molecule has 3 N–H and O–H groups in total. The van der Waals surface area contributed by atoms with Crippen molar-refractivity contribution < 1.29 is 0 Å². The van der Waals surface area contributed by atoms with Crippen LogP contribution in [0, 0.1) is 0 Å². The zero-order chi connectivity index (χ0) is 19.1. The molecule has 0 saturated heterocycles. The van der Waals surface area contributed by atoms with Crippen LogP contribution in [0.25, 0.3) is 28.2 Å². The molecule has 0 fully saturated rings. The molecule has 9 heteroatoms. The van der Waals surface area contributed by atoms with Crippen LogP contribution in [0.5, 0.6) is 0 Å². The highest BCUT2D eigenvalue weighted by Crippen LogP contribution is 2.28. The van der Waals surface area contributed by atoms with E-state index in [2.05, 4.69) is 25.4 Å². The summed E-state index contributed by atoms with van der Waals surface area (Å²) in [6, 6.07) is 7.98. The van der Waals surface area contributed by atoms with Gasteiger partial charge in [-0.1, -0.05) is 12.1 Å². The van der Waals surface area contributed by atoms with Gasteiger partial charge in [0.1, 0.15) is 0 Å². The molecule has 5 aromatic rings. The molecule has 0 aliphatic heterocycles. The Kier molecular flexibility index (Phi) is 3.80. The Hall–Kier alpha value is -3.72. The highest BCUT2D eigenvalue weighted by atomic mass is 32.1. The number of hydrogen-bond acceptors (Lipinski definition) is 7. The lowest BCUT2D eigenvalue weighted by Crippen LogP contribution is -1.98. The molecule has 0 amide bonds. The molecular weight excluding hydrogens is 372 g/mol. The van der Waals surface area contributed by atoms with E-state index in [1.807, 2.05) is 65.9 Å². The van der Waals surface area contributed by atoms with Crippen LogP contribution < -0.4 is 11.1 Å². The smallest absolute Gasteiger partial charge is 0.180 e. The van der Waals surface area contributed by atoms with Crippen molar-refractivity contribution in [1.82, 2.24) is 29.1 Å². The first kappa shape index (κ1) is 16.5. The number of benzene rings is 1. The number of anilines is 3. The number of nitrogen functional groups attached to an aromatic ring is 1. The summed E-state index contributed by atoms with van der Waals surface area (Å²) in [7, 11) is 1.89. The van der Waals surface area contributed by atoms with Crippen molar-refractivity contribution in [3.8, 4) is 22.5 Å². The minimum Gasteiger partial charge on any atom is -0.375 e. The van der Waals surface area contributed by atoms with E-state index in [1.165, 1.54) is 11.3 Å². The number of hydrogen-bond donors (Lipinski definition) is 2. The molecule has 138 valence electrons. The molecule has 0 spiro atoms. The maximum absolute atomic E-state index is 5.76. The van der Waals surface area contributed by atoms with Crippen LogP contribution in [0.3, 0.4) is 0 Å². The van der Waals surface area contributed by atoms with E-state index < -0.39 is 0 Å². The first-order valence-electron chi connectivity index (χ1n) is 8.57. The number of imidazole rings is 1. The van der Waals surface area contributed by atoms with Crippen molar-refractivity contribution in [3.05, 3.63) is 60.6 Å². The lowest BCUT2D eigenvalue weighted by atomic mass is 10.1. The van der Waals surface area contributed by atoms with Crippen LogP contribution in [0.2, 0.25) is 0 Å². The normalized spacial score (nSPS) is 11.2. The van der Waals surface area contributed by atoms with Gasteiger partial charge in [-0.15, -0.1) is 11.3 Å². The first-order chi connectivity index (χ1) is 13.7. The largest absolute Gasteiger partial charge is 0.375 e. The molecule has 0 atom stereocenters. The average Bonchev–Trinajstić information content (AvgIpc) is 3.42. The monoisotopic (exact) mass is 388 g/mol. The summed E-state index contributed by atoms with van der Waals surface area (Å²) < 4.78 is 3.77. The van der Waals surface area contributed by atoms with Crippen molar-refractivity contribution in [2.24, 2.45) is 7.05 Å². The predicted octanol–water partition coefficient (Wildman–Crippen LogP) is 3.58. The van der Waals surface area contributed by atoms with Crippen LogP contribution in [0.4, 0.5) is 16.6 Å². The Morgan fingerprint density at radius 3 is 2.86 bits per heavy atom. The topological polar surface area (TPSA) is 99.0 Å². The standard InChI is InChI=1S/C19H16N8S/c1-26-10-13(8-23-26)16-9-22-18-17(21-5-6-27(16)18)24-14-4-2-3-12(7-14)15-11-28-19(20)25-15/h2-11H,1H3,(H2,20,25)(H,21,24). The van der Waals surface area contributed by atoms with Crippen molar-refractivity contribution in [1.29, 1.82) is 0 Å². The van der Waals surface area contributed by atoms with Gasteiger partial charge in [0.2, 0.25) is 0 Å².